The average Bonchev–Trinajstić information content (AvgIpc) is 3.22. The fourth-order valence-electron chi connectivity index (χ4n) is 2.60. The molecule has 0 saturated heterocycles. The Balaban J connectivity index is 2.18. The third kappa shape index (κ3) is 2.22. The third-order valence-electron chi connectivity index (χ3n) is 3.67. The molecule has 1 fully saturated rings. The number of hydrogen-bond donors (Lipinski definition) is 1. The summed E-state index contributed by atoms with van der Waals surface area (Å²) < 4.78 is 1.82. The molecular formula is C16H18N2O2. The van der Waals surface area contributed by atoms with Crippen LogP contribution in [0.5, 0.6) is 0 Å². The Morgan fingerprint density at radius 3 is 2.60 bits per heavy atom. The van der Waals surface area contributed by atoms with Gasteiger partial charge in [0, 0.05) is 5.92 Å². The first kappa shape index (κ1) is 12.9. The molecule has 1 saturated carbocycles. The van der Waals surface area contributed by atoms with Crippen LogP contribution in [0.25, 0.3) is 5.69 Å². The molecule has 20 heavy (non-hydrogen) atoms. The number of aromatic nitrogens is 2. The Kier molecular flexibility index (Phi) is 3.30. The van der Waals surface area contributed by atoms with Crippen molar-refractivity contribution in [2.24, 2.45) is 0 Å². The van der Waals surface area contributed by atoms with E-state index in [1.165, 1.54) is 0 Å². The van der Waals surface area contributed by atoms with Crippen molar-refractivity contribution in [3.05, 3.63) is 47.3 Å². The van der Waals surface area contributed by atoms with Crippen molar-refractivity contribution in [2.75, 3.05) is 0 Å². The smallest absolute Gasteiger partial charge is 0.339 e. The molecule has 104 valence electrons. The van der Waals surface area contributed by atoms with Gasteiger partial charge in [0.25, 0.3) is 0 Å². The van der Waals surface area contributed by atoms with E-state index in [1.807, 2.05) is 35.0 Å². The number of carboxylic acids is 1. The van der Waals surface area contributed by atoms with Crippen molar-refractivity contribution in [3.63, 3.8) is 0 Å². The molecule has 1 aromatic heterocycles. The fraction of sp³-hybridized carbons (Fsp3) is 0.375. The maximum atomic E-state index is 11.6. The molecule has 3 rings (SSSR count). The van der Waals surface area contributed by atoms with E-state index in [9.17, 15) is 9.90 Å². The molecule has 1 aliphatic carbocycles. The van der Waals surface area contributed by atoms with Crippen LogP contribution in [0.3, 0.4) is 0 Å². The lowest BCUT2D eigenvalue weighted by Crippen LogP contribution is -2.06. The number of para-hydroxylation sites is 1. The van der Waals surface area contributed by atoms with Gasteiger partial charge < -0.3 is 5.11 Å². The number of nitrogens with zero attached hydrogens (tertiary/aromatic N) is 2. The summed E-state index contributed by atoms with van der Waals surface area (Å²) >= 11 is 0. The normalized spacial score (nSPS) is 14.4. The van der Waals surface area contributed by atoms with Gasteiger partial charge in [-0.3, -0.25) is 0 Å². The second-order valence-electron chi connectivity index (χ2n) is 5.28. The zero-order valence-electron chi connectivity index (χ0n) is 11.5. The zero-order valence-corrected chi connectivity index (χ0v) is 11.5. The van der Waals surface area contributed by atoms with Gasteiger partial charge in [-0.1, -0.05) is 31.5 Å². The summed E-state index contributed by atoms with van der Waals surface area (Å²) in [4.78, 5) is 11.6. The molecule has 4 heteroatoms. The number of benzene rings is 1. The zero-order chi connectivity index (χ0) is 14.1. The number of aromatic carboxylic acids is 1. The number of carboxylic acid groups (broad SMARTS) is 1. The van der Waals surface area contributed by atoms with Crippen LogP contribution in [0, 0.1) is 0 Å². The minimum absolute atomic E-state index is 0.335. The maximum absolute atomic E-state index is 11.6. The summed E-state index contributed by atoms with van der Waals surface area (Å²) in [6.45, 7) is 2.06. The number of rotatable bonds is 5. The summed E-state index contributed by atoms with van der Waals surface area (Å²) in [6, 6.07) is 9.78. The molecule has 0 amide bonds. The topological polar surface area (TPSA) is 55.1 Å². The van der Waals surface area contributed by atoms with Crippen molar-refractivity contribution >= 4 is 5.97 Å². The van der Waals surface area contributed by atoms with Crippen LogP contribution in [0.15, 0.2) is 30.3 Å². The highest BCUT2D eigenvalue weighted by atomic mass is 16.4. The van der Waals surface area contributed by atoms with E-state index in [0.717, 1.165) is 42.8 Å². The summed E-state index contributed by atoms with van der Waals surface area (Å²) in [5.41, 5.74) is 2.96. The predicted molar refractivity (Wildman–Crippen MR) is 76.5 cm³/mol. The van der Waals surface area contributed by atoms with E-state index in [4.69, 9.17) is 0 Å². The highest BCUT2D eigenvalue weighted by molar-refractivity contribution is 5.91. The van der Waals surface area contributed by atoms with E-state index in [0.29, 0.717) is 11.5 Å². The standard InChI is InChI=1S/C16H18N2O2/c1-2-6-13-14(16(19)20)15(11-9-10-11)17-18(13)12-7-4-3-5-8-12/h3-5,7-8,11H,2,6,9-10H2,1H3,(H,19,20). The van der Waals surface area contributed by atoms with Gasteiger partial charge in [-0.15, -0.1) is 0 Å². The number of hydrogen-bond acceptors (Lipinski definition) is 2. The van der Waals surface area contributed by atoms with Crippen LogP contribution in [0.2, 0.25) is 0 Å². The first-order valence-corrected chi connectivity index (χ1v) is 7.13. The summed E-state index contributed by atoms with van der Waals surface area (Å²) in [5.74, 6) is -0.515. The average molecular weight is 270 g/mol. The maximum Gasteiger partial charge on any atom is 0.339 e. The van der Waals surface area contributed by atoms with Gasteiger partial charge in [0.1, 0.15) is 5.56 Å². The van der Waals surface area contributed by atoms with Crippen molar-refractivity contribution < 1.29 is 9.90 Å². The lowest BCUT2D eigenvalue weighted by atomic mass is 10.1. The SMILES string of the molecule is CCCc1c(C(=O)O)c(C2CC2)nn1-c1ccccc1. The lowest BCUT2D eigenvalue weighted by Gasteiger charge is -2.07. The van der Waals surface area contributed by atoms with Crippen LogP contribution in [0.4, 0.5) is 0 Å². The highest BCUT2D eigenvalue weighted by Crippen LogP contribution is 2.42. The Hall–Kier alpha value is -2.10. The Bertz CT molecular complexity index is 627. The molecule has 1 aromatic carbocycles. The second kappa shape index (κ2) is 5.12. The predicted octanol–water partition coefficient (Wildman–Crippen LogP) is 3.40. The largest absolute Gasteiger partial charge is 0.478 e. The summed E-state index contributed by atoms with van der Waals surface area (Å²) in [7, 11) is 0. The molecule has 0 spiro atoms. The molecule has 2 aromatic rings. The molecule has 1 heterocycles. The van der Waals surface area contributed by atoms with Crippen LogP contribution >= 0.6 is 0 Å². The van der Waals surface area contributed by atoms with E-state index in [1.54, 1.807) is 0 Å². The first-order chi connectivity index (χ1) is 9.72. The van der Waals surface area contributed by atoms with Gasteiger partial charge in [0.05, 0.1) is 17.1 Å². The van der Waals surface area contributed by atoms with Gasteiger partial charge in [0.15, 0.2) is 0 Å². The van der Waals surface area contributed by atoms with Crippen LogP contribution in [-0.4, -0.2) is 20.9 Å². The molecular weight excluding hydrogens is 252 g/mol. The van der Waals surface area contributed by atoms with Crippen molar-refractivity contribution in [3.8, 4) is 5.69 Å². The molecule has 0 unspecified atom stereocenters. The molecule has 1 N–H and O–H groups in total. The monoisotopic (exact) mass is 270 g/mol. The highest BCUT2D eigenvalue weighted by Gasteiger charge is 2.34. The quantitative estimate of drug-likeness (QED) is 0.906. The minimum Gasteiger partial charge on any atom is -0.478 e. The van der Waals surface area contributed by atoms with Crippen LogP contribution in [0.1, 0.15) is 53.8 Å². The molecule has 0 radical (unpaired) electrons. The van der Waals surface area contributed by atoms with Crippen LogP contribution < -0.4 is 0 Å². The van der Waals surface area contributed by atoms with Gasteiger partial charge >= 0.3 is 5.97 Å². The summed E-state index contributed by atoms with van der Waals surface area (Å²) in [5, 5.41) is 14.2. The van der Waals surface area contributed by atoms with E-state index < -0.39 is 5.97 Å². The van der Waals surface area contributed by atoms with E-state index >= 15 is 0 Å². The molecule has 0 atom stereocenters. The van der Waals surface area contributed by atoms with Gasteiger partial charge in [-0.25, -0.2) is 9.48 Å². The third-order valence-corrected chi connectivity index (χ3v) is 3.67. The molecule has 0 bridgehead atoms. The molecule has 0 aliphatic heterocycles. The minimum atomic E-state index is -0.850. The van der Waals surface area contributed by atoms with Gasteiger partial charge in [0.2, 0.25) is 0 Å². The van der Waals surface area contributed by atoms with E-state index in [2.05, 4.69) is 12.0 Å². The van der Waals surface area contributed by atoms with Gasteiger partial charge in [-0.05, 0) is 31.4 Å². The van der Waals surface area contributed by atoms with Gasteiger partial charge in [-0.2, -0.15) is 5.10 Å². The Labute approximate surface area is 118 Å². The van der Waals surface area contributed by atoms with Crippen LogP contribution in [-0.2, 0) is 6.42 Å². The molecule has 1 aliphatic rings. The fourth-order valence-corrected chi connectivity index (χ4v) is 2.60. The van der Waals surface area contributed by atoms with E-state index in [-0.39, 0.29) is 0 Å². The second-order valence-corrected chi connectivity index (χ2v) is 5.28. The van der Waals surface area contributed by atoms with Crippen molar-refractivity contribution in [1.29, 1.82) is 0 Å². The Morgan fingerprint density at radius 2 is 2.05 bits per heavy atom. The Morgan fingerprint density at radius 1 is 1.35 bits per heavy atom. The van der Waals surface area contributed by atoms with Crippen molar-refractivity contribution in [1.82, 2.24) is 9.78 Å². The first-order valence-electron chi connectivity index (χ1n) is 7.13. The molecule has 4 nitrogen and oxygen atoms in total. The number of carbonyl (C=O) groups is 1. The van der Waals surface area contributed by atoms with Crippen molar-refractivity contribution in [2.45, 2.75) is 38.5 Å². The summed E-state index contributed by atoms with van der Waals surface area (Å²) in [6.07, 6.45) is 3.74. The lowest BCUT2D eigenvalue weighted by molar-refractivity contribution is 0.0694.